The molecule has 1 heterocycles. The summed E-state index contributed by atoms with van der Waals surface area (Å²) >= 11 is 0. The first-order valence-corrected chi connectivity index (χ1v) is 7.28. The minimum atomic E-state index is -0.506. The van der Waals surface area contributed by atoms with Gasteiger partial charge in [-0.15, -0.1) is 0 Å². The lowest BCUT2D eigenvalue weighted by Crippen LogP contribution is -2.66. The van der Waals surface area contributed by atoms with Crippen molar-refractivity contribution in [2.75, 3.05) is 13.2 Å². The summed E-state index contributed by atoms with van der Waals surface area (Å²) < 4.78 is 32.0. The predicted octanol–water partition coefficient (Wildman–Crippen LogP) is 2.91. The summed E-state index contributed by atoms with van der Waals surface area (Å²) in [5.74, 6) is -0.421. The highest BCUT2D eigenvalue weighted by atomic mass is 19.1. The molecule has 110 valence electrons. The molecule has 2 fully saturated rings. The SMILES string of the molecule is CC1(C)C(NCCc2cc(F)cc(F)c2)C2CCOC21. The van der Waals surface area contributed by atoms with Gasteiger partial charge in [-0.05, 0) is 37.1 Å². The van der Waals surface area contributed by atoms with Gasteiger partial charge in [-0.2, -0.15) is 0 Å². The van der Waals surface area contributed by atoms with Gasteiger partial charge >= 0.3 is 0 Å². The maximum absolute atomic E-state index is 13.1. The fourth-order valence-electron chi connectivity index (χ4n) is 3.87. The van der Waals surface area contributed by atoms with Crippen molar-refractivity contribution in [3.8, 4) is 0 Å². The van der Waals surface area contributed by atoms with Gasteiger partial charge in [0.05, 0.1) is 6.10 Å². The molecule has 3 rings (SSSR count). The van der Waals surface area contributed by atoms with Crippen LogP contribution < -0.4 is 5.32 Å². The maximum Gasteiger partial charge on any atom is 0.126 e. The van der Waals surface area contributed by atoms with E-state index >= 15 is 0 Å². The summed E-state index contributed by atoms with van der Waals surface area (Å²) in [7, 11) is 0. The van der Waals surface area contributed by atoms with Crippen LogP contribution in [0.15, 0.2) is 18.2 Å². The Labute approximate surface area is 118 Å². The van der Waals surface area contributed by atoms with Crippen molar-refractivity contribution < 1.29 is 13.5 Å². The van der Waals surface area contributed by atoms with Crippen LogP contribution in [-0.4, -0.2) is 25.3 Å². The van der Waals surface area contributed by atoms with E-state index in [9.17, 15) is 8.78 Å². The van der Waals surface area contributed by atoms with E-state index in [1.165, 1.54) is 12.1 Å². The van der Waals surface area contributed by atoms with Crippen LogP contribution in [0.1, 0.15) is 25.8 Å². The second-order valence-corrected chi connectivity index (χ2v) is 6.52. The van der Waals surface area contributed by atoms with Crippen LogP contribution in [0, 0.1) is 23.0 Å². The molecule has 0 spiro atoms. The second-order valence-electron chi connectivity index (χ2n) is 6.52. The molecule has 0 aromatic heterocycles. The quantitative estimate of drug-likeness (QED) is 0.916. The van der Waals surface area contributed by atoms with Crippen molar-refractivity contribution in [1.82, 2.24) is 5.32 Å². The number of ether oxygens (including phenoxy) is 1. The topological polar surface area (TPSA) is 21.3 Å². The average molecular weight is 281 g/mol. The van der Waals surface area contributed by atoms with Crippen LogP contribution in [0.25, 0.3) is 0 Å². The van der Waals surface area contributed by atoms with Crippen LogP contribution in [0.2, 0.25) is 0 Å². The molecular weight excluding hydrogens is 260 g/mol. The zero-order valence-corrected chi connectivity index (χ0v) is 12.0. The summed E-state index contributed by atoms with van der Waals surface area (Å²) in [5.41, 5.74) is 0.848. The Morgan fingerprint density at radius 3 is 2.65 bits per heavy atom. The minimum Gasteiger partial charge on any atom is -0.377 e. The zero-order valence-electron chi connectivity index (χ0n) is 12.0. The smallest absolute Gasteiger partial charge is 0.126 e. The lowest BCUT2D eigenvalue weighted by molar-refractivity contribution is -0.112. The molecule has 20 heavy (non-hydrogen) atoms. The summed E-state index contributed by atoms with van der Waals surface area (Å²) in [5, 5.41) is 3.54. The summed E-state index contributed by atoms with van der Waals surface area (Å²) in [6.07, 6.45) is 2.12. The lowest BCUT2D eigenvalue weighted by atomic mass is 9.57. The van der Waals surface area contributed by atoms with Crippen molar-refractivity contribution in [2.24, 2.45) is 11.3 Å². The predicted molar refractivity (Wildman–Crippen MR) is 73.5 cm³/mol. The van der Waals surface area contributed by atoms with Gasteiger partial charge in [0.25, 0.3) is 0 Å². The molecule has 1 saturated carbocycles. The van der Waals surface area contributed by atoms with Crippen molar-refractivity contribution in [1.29, 1.82) is 0 Å². The van der Waals surface area contributed by atoms with E-state index in [1.807, 2.05) is 0 Å². The molecule has 3 atom stereocenters. The summed E-state index contributed by atoms with van der Waals surface area (Å²) in [4.78, 5) is 0. The highest BCUT2D eigenvalue weighted by Crippen LogP contribution is 2.51. The third-order valence-electron chi connectivity index (χ3n) is 4.80. The number of nitrogens with one attached hydrogen (secondary N) is 1. The second kappa shape index (κ2) is 5.08. The fourth-order valence-corrected chi connectivity index (χ4v) is 3.87. The van der Waals surface area contributed by atoms with Crippen molar-refractivity contribution in [3.05, 3.63) is 35.4 Å². The lowest BCUT2D eigenvalue weighted by Gasteiger charge is -2.55. The Balaban J connectivity index is 1.55. The van der Waals surface area contributed by atoms with Crippen molar-refractivity contribution in [3.63, 3.8) is 0 Å². The van der Waals surface area contributed by atoms with Gasteiger partial charge in [0.15, 0.2) is 0 Å². The minimum absolute atomic E-state index is 0.147. The molecule has 0 amide bonds. The molecule has 1 aliphatic carbocycles. The standard InChI is InChI=1S/C16H21F2NO/c1-16(2)14(13-4-6-20-15(13)16)19-5-3-10-7-11(17)9-12(18)8-10/h7-9,13-15,19H,3-6H2,1-2H3. The summed E-state index contributed by atoms with van der Waals surface area (Å²) in [6, 6.07) is 4.15. The normalized spacial score (nSPS) is 30.9. The molecule has 3 unspecified atom stereocenters. The molecule has 4 heteroatoms. The van der Waals surface area contributed by atoms with Gasteiger partial charge in [0.2, 0.25) is 0 Å². The van der Waals surface area contributed by atoms with Crippen LogP contribution in [0.4, 0.5) is 8.78 Å². The third-order valence-corrected chi connectivity index (χ3v) is 4.80. The summed E-state index contributed by atoms with van der Waals surface area (Å²) in [6.45, 7) is 6.03. The number of hydrogen-bond acceptors (Lipinski definition) is 2. The Kier molecular flexibility index (Phi) is 3.55. The van der Waals surface area contributed by atoms with Crippen molar-refractivity contribution in [2.45, 2.75) is 38.8 Å². The third kappa shape index (κ3) is 2.35. The molecule has 1 aromatic carbocycles. The highest BCUT2D eigenvalue weighted by Gasteiger charge is 2.58. The molecule has 1 aromatic rings. The van der Waals surface area contributed by atoms with Gasteiger partial charge in [-0.25, -0.2) is 8.78 Å². The van der Waals surface area contributed by atoms with Gasteiger partial charge in [0, 0.05) is 30.0 Å². The van der Waals surface area contributed by atoms with Gasteiger partial charge in [-0.3, -0.25) is 0 Å². The van der Waals surface area contributed by atoms with E-state index in [-0.39, 0.29) is 5.41 Å². The van der Waals surface area contributed by atoms with Crippen LogP contribution in [0.3, 0.4) is 0 Å². The zero-order chi connectivity index (χ0) is 14.3. The first-order valence-electron chi connectivity index (χ1n) is 7.28. The molecule has 1 saturated heterocycles. The first-order chi connectivity index (χ1) is 9.48. The fraction of sp³-hybridized carbons (Fsp3) is 0.625. The maximum atomic E-state index is 13.1. The van der Waals surface area contributed by atoms with Gasteiger partial charge in [0.1, 0.15) is 11.6 Å². The molecule has 0 bridgehead atoms. The molecule has 2 nitrogen and oxygen atoms in total. The first kappa shape index (κ1) is 14.0. The molecule has 2 aliphatic rings. The average Bonchev–Trinajstić information content (AvgIpc) is 2.80. The molecule has 0 radical (unpaired) electrons. The Morgan fingerprint density at radius 1 is 1.25 bits per heavy atom. The van der Waals surface area contributed by atoms with Crippen LogP contribution in [0.5, 0.6) is 0 Å². The monoisotopic (exact) mass is 281 g/mol. The molecular formula is C16H21F2NO. The molecule has 1 aliphatic heterocycles. The number of halogens is 2. The number of hydrogen-bond donors (Lipinski definition) is 1. The van der Waals surface area contributed by atoms with Crippen LogP contribution >= 0.6 is 0 Å². The van der Waals surface area contributed by atoms with Crippen molar-refractivity contribution >= 4 is 0 Å². The van der Waals surface area contributed by atoms with E-state index in [0.29, 0.717) is 30.0 Å². The van der Waals surface area contributed by atoms with E-state index in [1.54, 1.807) is 0 Å². The number of fused-ring (bicyclic) bond motifs is 1. The largest absolute Gasteiger partial charge is 0.377 e. The van der Waals surface area contributed by atoms with E-state index in [0.717, 1.165) is 25.6 Å². The van der Waals surface area contributed by atoms with Crippen LogP contribution in [-0.2, 0) is 11.2 Å². The van der Waals surface area contributed by atoms with E-state index in [4.69, 9.17) is 4.74 Å². The highest BCUT2D eigenvalue weighted by molar-refractivity contribution is 5.18. The van der Waals surface area contributed by atoms with Gasteiger partial charge < -0.3 is 10.1 Å². The Bertz CT molecular complexity index is 483. The van der Waals surface area contributed by atoms with Gasteiger partial charge in [-0.1, -0.05) is 13.8 Å². The Morgan fingerprint density at radius 2 is 1.95 bits per heavy atom. The number of benzene rings is 1. The van der Waals surface area contributed by atoms with E-state index < -0.39 is 11.6 Å². The molecule has 1 N–H and O–H groups in total. The Hall–Kier alpha value is -1.00. The van der Waals surface area contributed by atoms with E-state index in [2.05, 4.69) is 19.2 Å². The number of rotatable bonds is 4.